The molecule has 3 aliphatic rings. The fourth-order valence-electron chi connectivity index (χ4n) is 4.99. The lowest BCUT2D eigenvalue weighted by Gasteiger charge is -2.36. The normalized spacial score (nSPS) is 21.4. The highest BCUT2D eigenvalue weighted by atomic mass is 32.2. The van der Waals surface area contributed by atoms with Crippen LogP contribution in [0.4, 0.5) is 5.69 Å². The zero-order valence-corrected chi connectivity index (χ0v) is 22.7. The quantitative estimate of drug-likeness (QED) is 0.444. The van der Waals surface area contributed by atoms with Crippen molar-refractivity contribution in [2.45, 2.75) is 31.7 Å². The number of anilines is 1. The number of hydrogen-bond acceptors (Lipinski definition) is 8. The van der Waals surface area contributed by atoms with Gasteiger partial charge in [-0.2, -0.15) is 0 Å². The summed E-state index contributed by atoms with van der Waals surface area (Å²) in [6, 6.07) is 18.7. The Morgan fingerprint density at radius 2 is 1.87 bits per heavy atom. The van der Waals surface area contributed by atoms with E-state index in [-0.39, 0.29) is 6.10 Å². The van der Waals surface area contributed by atoms with Crippen LogP contribution in [0.5, 0.6) is 0 Å². The molecule has 0 spiro atoms. The molecule has 0 radical (unpaired) electrons. The van der Waals surface area contributed by atoms with Crippen molar-refractivity contribution in [2.75, 3.05) is 36.8 Å². The van der Waals surface area contributed by atoms with Crippen LogP contribution >= 0.6 is 23.1 Å². The van der Waals surface area contributed by atoms with Crippen molar-refractivity contribution in [3.05, 3.63) is 87.4 Å². The topological polar surface area (TPSA) is 78.3 Å². The lowest BCUT2D eigenvalue weighted by Crippen LogP contribution is -2.45. The second-order valence-electron chi connectivity index (χ2n) is 9.76. The Morgan fingerprint density at radius 3 is 2.66 bits per heavy atom. The van der Waals surface area contributed by atoms with E-state index in [2.05, 4.69) is 75.5 Å². The number of aliphatic imine (C=N–C) groups is 1. The highest BCUT2D eigenvalue weighted by molar-refractivity contribution is 8.15. The Balaban J connectivity index is 1.00. The number of aliphatic carboxylic acids is 1. The van der Waals surface area contributed by atoms with Gasteiger partial charge >= 0.3 is 5.97 Å². The number of carbonyl (C=O) groups is 1. The van der Waals surface area contributed by atoms with E-state index < -0.39 is 12.0 Å². The third-order valence-electron chi connectivity index (χ3n) is 7.06. The molecule has 1 aromatic heterocycles. The Labute approximate surface area is 230 Å². The first-order valence-electron chi connectivity index (χ1n) is 12.9. The lowest BCUT2D eigenvalue weighted by atomic mass is 10.1. The van der Waals surface area contributed by atoms with Gasteiger partial charge < -0.3 is 14.7 Å². The number of piperazine rings is 1. The zero-order valence-electron chi connectivity index (χ0n) is 21.0. The molecule has 0 amide bonds. The number of para-hydroxylation sites is 1. The molecule has 2 atom stereocenters. The smallest absolute Gasteiger partial charge is 0.329 e. The Bertz CT molecular complexity index is 1350. The SMILES string of the molecule is O=C(O)C1CSC(c2nc3c(s2)CC(OCc2cccc(CN4CCN(c5ccccc5)CC4)c2)C=C3)=N1. The van der Waals surface area contributed by atoms with Crippen LogP contribution in [0.2, 0.25) is 0 Å². The molecule has 0 saturated carbocycles. The first-order chi connectivity index (χ1) is 18.6. The van der Waals surface area contributed by atoms with E-state index in [1.165, 1.54) is 28.6 Å². The van der Waals surface area contributed by atoms with Gasteiger partial charge in [0.15, 0.2) is 6.04 Å². The molecule has 38 heavy (non-hydrogen) atoms. The van der Waals surface area contributed by atoms with Crippen LogP contribution in [0.25, 0.3) is 6.08 Å². The fourth-order valence-corrected chi connectivity index (χ4v) is 7.18. The fraction of sp³-hybridized carbons (Fsp3) is 0.345. The van der Waals surface area contributed by atoms with Crippen molar-refractivity contribution in [3.8, 4) is 0 Å². The van der Waals surface area contributed by atoms with Crippen LogP contribution in [-0.4, -0.2) is 70.1 Å². The van der Waals surface area contributed by atoms with Gasteiger partial charge in [-0.05, 0) is 29.3 Å². The molecule has 2 aromatic carbocycles. The standard InChI is InChI=1S/C29H30N4O3S2/c34-29(35)25-19-37-27(31-25)28-30-24-10-9-23(16-26(24)38-28)36-18-21-6-4-5-20(15-21)17-32-11-13-33(14-12-32)22-7-2-1-3-8-22/h1-10,15,23,25H,11-14,16-19H2,(H,34,35). The van der Waals surface area contributed by atoms with E-state index in [1.54, 1.807) is 11.3 Å². The lowest BCUT2D eigenvalue weighted by molar-refractivity contribution is -0.137. The van der Waals surface area contributed by atoms with E-state index in [4.69, 9.17) is 9.72 Å². The van der Waals surface area contributed by atoms with Gasteiger partial charge in [0.05, 0.1) is 18.4 Å². The molecule has 7 nitrogen and oxygen atoms in total. The molecule has 3 aromatic rings. The van der Waals surface area contributed by atoms with Gasteiger partial charge in [-0.1, -0.05) is 48.5 Å². The third-order valence-corrected chi connectivity index (χ3v) is 9.34. The highest BCUT2D eigenvalue weighted by Gasteiger charge is 2.28. The maximum Gasteiger partial charge on any atom is 0.329 e. The summed E-state index contributed by atoms with van der Waals surface area (Å²) in [4.78, 5) is 26.4. The van der Waals surface area contributed by atoms with Crippen molar-refractivity contribution >= 4 is 45.9 Å². The first kappa shape index (κ1) is 25.3. The van der Waals surface area contributed by atoms with Gasteiger partial charge in [0, 0.05) is 55.5 Å². The van der Waals surface area contributed by atoms with E-state index in [9.17, 15) is 9.90 Å². The van der Waals surface area contributed by atoms with E-state index in [0.717, 1.165) is 59.8 Å². The second-order valence-corrected chi connectivity index (χ2v) is 11.9. The van der Waals surface area contributed by atoms with Crippen LogP contribution in [0.3, 0.4) is 0 Å². The number of thioether (sulfide) groups is 1. The number of nitrogens with zero attached hydrogens (tertiary/aromatic N) is 4. The number of rotatable bonds is 8. The summed E-state index contributed by atoms with van der Waals surface area (Å²) in [7, 11) is 0. The molecule has 6 rings (SSSR count). The number of carboxylic acids is 1. The van der Waals surface area contributed by atoms with Crippen molar-refractivity contribution in [1.82, 2.24) is 9.88 Å². The van der Waals surface area contributed by atoms with Crippen LogP contribution < -0.4 is 4.90 Å². The maximum atomic E-state index is 11.2. The van der Waals surface area contributed by atoms with Crippen molar-refractivity contribution in [1.29, 1.82) is 0 Å². The largest absolute Gasteiger partial charge is 0.480 e. The van der Waals surface area contributed by atoms with Gasteiger partial charge in [0.1, 0.15) is 10.1 Å². The first-order valence-corrected chi connectivity index (χ1v) is 14.7. The Morgan fingerprint density at radius 1 is 1.05 bits per heavy atom. The monoisotopic (exact) mass is 546 g/mol. The highest BCUT2D eigenvalue weighted by Crippen LogP contribution is 2.32. The number of fused-ring (bicyclic) bond motifs is 1. The third kappa shape index (κ3) is 5.86. The zero-order chi connectivity index (χ0) is 25.9. The Kier molecular flexibility index (Phi) is 7.60. The molecule has 2 unspecified atom stereocenters. The average Bonchev–Trinajstić information content (AvgIpc) is 3.61. The van der Waals surface area contributed by atoms with Crippen LogP contribution in [-0.2, 0) is 29.1 Å². The summed E-state index contributed by atoms with van der Waals surface area (Å²) in [6.45, 7) is 5.74. The second kappa shape index (κ2) is 11.4. The number of thiazole rings is 1. The van der Waals surface area contributed by atoms with Gasteiger partial charge in [0.25, 0.3) is 0 Å². The van der Waals surface area contributed by atoms with E-state index in [1.807, 2.05) is 6.08 Å². The molecule has 1 saturated heterocycles. The average molecular weight is 547 g/mol. The molecule has 3 heterocycles. The maximum absolute atomic E-state index is 11.2. The molecular weight excluding hydrogens is 516 g/mol. The van der Waals surface area contributed by atoms with Gasteiger partial charge in [-0.25, -0.2) is 9.78 Å². The number of aromatic nitrogens is 1. The van der Waals surface area contributed by atoms with Crippen LogP contribution in [0, 0.1) is 0 Å². The minimum atomic E-state index is -0.878. The minimum Gasteiger partial charge on any atom is -0.480 e. The van der Waals surface area contributed by atoms with Crippen LogP contribution in [0.15, 0.2) is 65.7 Å². The summed E-state index contributed by atoms with van der Waals surface area (Å²) >= 11 is 3.07. The van der Waals surface area contributed by atoms with Crippen LogP contribution in [0.1, 0.15) is 26.7 Å². The van der Waals surface area contributed by atoms with Gasteiger partial charge in [-0.3, -0.25) is 9.89 Å². The molecule has 9 heteroatoms. The molecule has 196 valence electrons. The summed E-state index contributed by atoms with van der Waals surface area (Å²) < 4.78 is 6.28. The predicted molar refractivity (Wildman–Crippen MR) is 154 cm³/mol. The molecule has 1 aliphatic carbocycles. The summed E-state index contributed by atoms with van der Waals surface area (Å²) in [5, 5.41) is 10.8. The summed E-state index contributed by atoms with van der Waals surface area (Å²) in [6.07, 6.45) is 4.86. The van der Waals surface area contributed by atoms with Crippen molar-refractivity contribution < 1.29 is 14.6 Å². The van der Waals surface area contributed by atoms with Crippen molar-refractivity contribution in [3.63, 3.8) is 0 Å². The molecule has 1 fully saturated rings. The summed E-state index contributed by atoms with van der Waals surface area (Å²) in [5.41, 5.74) is 4.76. The number of ether oxygens (including phenoxy) is 1. The van der Waals surface area contributed by atoms with Gasteiger partial charge in [-0.15, -0.1) is 23.1 Å². The minimum absolute atomic E-state index is 0.00421. The molecular formula is C29H30N4O3S2. The van der Waals surface area contributed by atoms with Gasteiger partial charge in [0.2, 0.25) is 0 Å². The number of carboxylic acid groups (broad SMARTS) is 1. The predicted octanol–water partition coefficient (Wildman–Crippen LogP) is 4.57. The molecule has 2 aliphatic heterocycles. The number of benzene rings is 2. The Hall–Kier alpha value is -2.98. The molecule has 0 bridgehead atoms. The summed E-state index contributed by atoms with van der Waals surface area (Å²) in [5.74, 6) is -0.406. The van der Waals surface area contributed by atoms with E-state index >= 15 is 0 Å². The molecule has 1 N–H and O–H groups in total. The number of hydrogen-bond donors (Lipinski definition) is 1. The van der Waals surface area contributed by atoms with E-state index in [0.29, 0.717) is 12.4 Å². The van der Waals surface area contributed by atoms with Crippen molar-refractivity contribution in [2.24, 2.45) is 4.99 Å².